The smallest absolute Gasteiger partial charge is 0.337 e. The number of carboxylic acid groups (broad SMARTS) is 1. The average Bonchev–Trinajstić information content (AvgIpc) is 3.27. The van der Waals surface area contributed by atoms with Crippen molar-refractivity contribution in [3.05, 3.63) is 28.2 Å². The quantitative estimate of drug-likeness (QED) is 0.759. The standard InChI is InChI=1S/C15H17BrN2O3/c16-10-5-6-11(14(19)20)12(7-10)17-15(21)18-13(8-1-2-8)9-3-4-9/h5-9,13H,1-4H2,(H,19,20)(H2,17,18,21). The molecule has 0 atom stereocenters. The maximum Gasteiger partial charge on any atom is 0.337 e. The van der Waals surface area contributed by atoms with Crippen LogP contribution in [0.1, 0.15) is 36.0 Å². The van der Waals surface area contributed by atoms with Gasteiger partial charge in [-0.25, -0.2) is 9.59 Å². The summed E-state index contributed by atoms with van der Waals surface area (Å²) in [6, 6.07) is 4.64. The van der Waals surface area contributed by atoms with E-state index in [0.29, 0.717) is 17.5 Å². The lowest BCUT2D eigenvalue weighted by Crippen LogP contribution is -2.41. The van der Waals surface area contributed by atoms with E-state index in [0.717, 1.165) is 4.47 Å². The number of benzene rings is 1. The van der Waals surface area contributed by atoms with Crippen molar-refractivity contribution in [3.63, 3.8) is 0 Å². The zero-order valence-corrected chi connectivity index (χ0v) is 13.0. The highest BCUT2D eigenvalue weighted by Gasteiger charge is 2.42. The van der Waals surface area contributed by atoms with Crippen LogP contribution in [0, 0.1) is 11.8 Å². The largest absolute Gasteiger partial charge is 0.478 e. The van der Waals surface area contributed by atoms with E-state index in [9.17, 15) is 9.59 Å². The second-order valence-electron chi connectivity index (χ2n) is 5.79. The average molecular weight is 353 g/mol. The molecule has 2 fully saturated rings. The number of amides is 2. The molecule has 0 unspecified atom stereocenters. The number of halogens is 1. The molecule has 2 aliphatic rings. The Bertz CT molecular complexity index is 570. The molecule has 5 nitrogen and oxygen atoms in total. The monoisotopic (exact) mass is 352 g/mol. The molecule has 1 aromatic rings. The first-order valence-corrected chi connectivity index (χ1v) is 7.94. The van der Waals surface area contributed by atoms with Crippen molar-refractivity contribution < 1.29 is 14.7 Å². The third kappa shape index (κ3) is 3.56. The first kappa shape index (κ1) is 14.4. The summed E-state index contributed by atoms with van der Waals surface area (Å²) in [5, 5.41) is 14.8. The van der Waals surface area contributed by atoms with Crippen LogP contribution in [0.4, 0.5) is 10.5 Å². The van der Waals surface area contributed by atoms with Crippen molar-refractivity contribution in [2.45, 2.75) is 31.7 Å². The molecule has 0 saturated heterocycles. The number of hydrogen-bond acceptors (Lipinski definition) is 2. The van der Waals surface area contributed by atoms with Gasteiger partial charge in [-0.05, 0) is 55.7 Å². The highest BCUT2D eigenvalue weighted by Crippen LogP contribution is 2.44. The molecule has 2 amide bonds. The van der Waals surface area contributed by atoms with Gasteiger partial charge in [-0.1, -0.05) is 15.9 Å². The Labute approximate surface area is 131 Å². The number of hydrogen-bond donors (Lipinski definition) is 3. The Morgan fingerprint density at radius 3 is 2.33 bits per heavy atom. The third-order valence-electron chi connectivity index (χ3n) is 4.02. The molecule has 6 heteroatoms. The van der Waals surface area contributed by atoms with Crippen LogP contribution in [0.15, 0.2) is 22.7 Å². The minimum Gasteiger partial charge on any atom is -0.478 e. The zero-order chi connectivity index (χ0) is 15.0. The number of carbonyl (C=O) groups excluding carboxylic acids is 1. The maximum atomic E-state index is 12.1. The molecule has 0 aliphatic heterocycles. The molecule has 3 N–H and O–H groups in total. The van der Waals surface area contributed by atoms with Gasteiger partial charge in [-0.2, -0.15) is 0 Å². The molecule has 21 heavy (non-hydrogen) atoms. The normalized spacial score (nSPS) is 17.6. The Hall–Kier alpha value is -1.56. The summed E-state index contributed by atoms with van der Waals surface area (Å²) in [4.78, 5) is 23.3. The van der Waals surface area contributed by atoms with Crippen molar-refractivity contribution in [1.82, 2.24) is 5.32 Å². The van der Waals surface area contributed by atoms with Crippen LogP contribution in [0.3, 0.4) is 0 Å². The Morgan fingerprint density at radius 1 is 1.19 bits per heavy atom. The first-order valence-electron chi connectivity index (χ1n) is 7.15. The van der Waals surface area contributed by atoms with E-state index in [2.05, 4.69) is 26.6 Å². The molecule has 1 aromatic carbocycles. The SMILES string of the molecule is O=C(Nc1cc(Br)ccc1C(=O)O)NC(C1CC1)C1CC1. The molecular formula is C15H17BrN2O3. The van der Waals surface area contributed by atoms with Gasteiger partial charge in [0.05, 0.1) is 11.3 Å². The Morgan fingerprint density at radius 2 is 1.81 bits per heavy atom. The number of nitrogens with one attached hydrogen (secondary N) is 2. The number of aromatic carboxylic acids is 1. The van der Waals surface area contributed by atoms with Gasteiger partial charge in [0.25, 0.3) is 0 Å². The van der Waals surface area contributed by atoms with Gasteiger partial charge >= 0.3 is 12.0 Å². The van der Waals surface area contributed by atoms with Crippen molar-refractivity contribution in [3.8, 4) is 0 Å². The molecule has 0 aromatic heterocycles. The molecule has 0 bridgehead atoms. The maximum absolute atomic E-state index is 12.1. The number of anilines is 1. The van der Waals surface area contributed by atoms with Gasteiger partial charge < -0.3 is 15.7 Å². The predicted molar refractivity (Wildman–Crippen MR) is 82.5 cm³/mol. The van der Waals surface area contributed by atoms with Crippen LogP contribution < -0.4 is 10.6 Å². The van der Waals surface area contributed by atoms with Crippen molar-refractivity contribution in [1.29, 1.82) is 0 Å². The van der Waals surface area contributed by atoms with Crippen LogP contribution in [0.2, 0.25) is 0 Å². The minimum absolute atomic E-state index is 0.0859. The molecule has 112 valence electrons. The molecule has 2 aliphatic carbocycles. The van der Waals surface area contributed by atoms with Gasteiger partial charge in [0.1, 0.15) is 0 Å². The summed E-state index contributed by atoms with van der Waals surface area (Å²) >= 11 is 3.29. The second kappa shape index (κ2) is 5.67. The van der Waals surface area contributed by atoms with Gasteiger partial charge in [0, 0.05) is 10.5 Å². The molecule has 3 rings (SSSR count). The summed E-state index contributed by atoms with van der Waals surface area (Å²) < 4.78 is 0.726. The lowest BCUT2D eigenvalue weighted by atomic mass is 10.1. The summed E-state index contributed by atoms with van der Waals surface area (Å²) in [6.45, 7) is 0. The fraction of sp³-hybridized carbons (Fsp3) is 0.467. The van der Waals surface area contributed by atoms with E-state index in [1.165, 1.54) is 31.7 Å². The zero-order valence-electron chi connectivity index (χ0n) is 11.4. The van der Waals surface area contributed by atoms with E-state index in [-0.39, 0.29) is 17.6 Å². The fourth-order valence-corrected chi connectivity index (χ4v) is 3.01. The molecular weight excluding hydrogens is 336 g/mol. The summed E-state index contributed by atoms with van der Waals surface area (Å²) in [6.07, 6.45) is 4.72. The van der Waals surface area contributed by atoms with E-state index >= 15 is 0 Å². The van der Waals surface area contributed by atoms with Crippen LogP contribution in [0.25, 0.3) is 0 Å². The highest BCUT2D eigenvalue weighted by molar-refractivity contribution is 9.10. The van der Waals surface area contributed by atoms with Crippen LogP contribution in [-0.4, -0.2) is 23.1 Å². The summed E-state index contributed by atoms with van der Waals surface area (Å²) in [5.74, 6) is 0.146. The fourth-order valence-electron chi connectivity index (χ4n) is 2.65. The van der Waals surface area contributed by atoms with Crippen molar-refractivity contribution in [2.75, 3.05) is 5.32 Å². The van der Waals surface area contributed by atoms with E-state index in [4.69, 9.17) is 5.11 Å². The van der Waals surface area contributed by atoms with Gasteiger partial charge in [-0.15, -0.1) is 0 Å². The van der Waals surface area contributed by atoms with E-state index < -0.39 is 5.97 Å². The third-order valence-corrected chi connectivity index (χ3v) is 4.51. The second-order valence-corrected chi connectivity index (χ2v) is 6.71. The topological polar surface area (TPSA) is 78.4 Å². The number of carbonyl (C=O) groups is 2. The van der Waals surface area contributed by atoms with E-state index in [1.54, 1.807) is 12.1 Å². The van der Waals surface area contributed by atoms with Gasteiger partial charge in [-0.3, -0.25) is 0 Å². The molecule has 0 radical (unpaired) electrons. The number of urea groups is 1. The minimum atomic E-state index is -1.06. The lowest BCUT2D eigenvalue weighted by molar-refractivity contribution is 0.0698. The Kier molecular flexibility index (Phi) is 3.89. The Balaban J connectivity index is 1.69. The summed E-state index contributed by atoms with van der Waals surface area (Å²) in [5.41, 5.74) is 0.391. The lowest BCUT2D eigenvalue weighted by Gasteiger charge is -2.18. The molecule has 0 heterocycles. The van der Waals surface area contributed by atoms with Crippen LogP contribution >= 0.6 is 15.9 Å². The van der Waals surface area contributed by atoms with E-state index in [1.807, 2.05) is 0 Å². The van der Waals surface area contributed by atoms with Crippen LogP contribution in [-0.2, 0) is 0 Å². The van der Waals surface area contributed by atoms with Crippen LogP contribution in [0.5, 0.6) is 0 Å². The van der Waals surface area contributed by atoms with Gasteiger partial charge in [0.2, 0.25) is 0 Å². The number of rotatable bonds is 5. The van der Waals surface area contributed by atoms with Crippen molar-refractivity contribution >= 4 is 33.6 Å². The first-order chi connectivity index (χ1) is 10.0. The predicted octanol–water partition coefficient (Wildman–Crippen LogP) is 3.46. The van der Waals surface area contributed by atoms with Crippen molar-refractivity contribution in [2.24, 2.45) is 11.8 Å². The number of carboxylic acids is 1. The summed E-state index contributed by atoms with van der Waals surface area (Å²) in [7, 11) is 0. The molecule has 2 saturated carbocycles. The van der Waals surface area contributed by atoms with Gasteiger partial charge in [0.15, 0.2) is 0 Å². The molecule has 0 spiro atoms. The highest BCUT2D eigenvalue weighted by atomic mass is 79.9.